The summed E-state index contributed by atoms with van der Waals surface area (Å²) in [4.78, 5) is 19.2. The second kappa shape index (κ2) is 4.93. The highest BCUT2D eigenvalue weighted by atomic mass is 31.2. The minimum atomic E-state index is -4.30. The summed E-state index contributed by atoms with van der Waals surface area (Å²) in [5.41, 5.74) is 4.09. The lowest BCUT2D eigenvalue weighted by Crippen LogP contribution is -2.13. The topological polar surface area (TPSA) is 57.5 Å². The van der Waals surface area contributed by atoms with E-state index >= 15 is 0 Å². The molecule has 0 amide bonds. The summed E-state index contributed by atoms with van der Waals surface area (Å²) < 4.78 is 11.8. The van der Waals surface area contributed by atoms with Gasteiger partial charge in [0.15, 0.2) is 0 Å². The summed E-state index contributed by atoms with van der Waals surface area (Å²) in [5.74, 6) is 0. The van der Waals surface area contributed by atoms with Gasteiger partial charge in [-0.25, -0.2) is 0 Å². The fourth-order valence-corrected chi connectivity index (χ4v) is 3.39. The highest BCUT2D eigenvalue weighted by Gasteiger charge is 2.25. The predicted molar refractivity (Wildman–Crippen MR) is 77.8 cm³/mol. The van der Waals surface area contributed by atoms with E-state index in [0.29, 0.717) is 11.1 Å². The van der Waals surface area contributed by atoms with Gasteiger partial charge in [0.05, 0.1) is 5.30 Å². The van der Waals surface area contributed by atoms with Gasteiger partial charge in [-0.3, -0.25) is 4.57 Å². The first-order valence-corrected chi connectivity index (χ1v) is 7.65. The maximum absolute atomic E-state index is 11.8. The lowest BCUT2D eigenvalue weighted by atomic mass is 9.97. The van der Waals surface area contributed by atoms with Gasteiger partial charge in [-0.15, -0.1) is 0 Å². The molecule has 3 nitrogen and oxygen atoms in total. The Kier molecular flexibility index (Phi) is 3.64. The molecule has 100 valence electrons. The largest absolute Gasteiger partial charge is 0.357 e. The molecular weight excluding hydrogens is 259 g/mol. The average molecular weight is 276 g/mol. The van der Waals surface area contributed by atoms with Crippen molar-refractivity contribution in [1.82, 2.24) is 0 Å². The van der Waals surface area contributed by atoms with Crippen LogP contribution in [0.1, 0.15) is 16.7 Å². The van der Waals surface area contributed by atoms with Crippen LogP contribution in [-0.2, 0) is 4.57 Å². The van der Waals surface area contributed by atoms with E-state index in [1.54, 1.807) is 13.0 Å². The normalized spacial score (nSPS) is 11.6. The molecule has 2 N–H and O–H groups in total. The van der Waals surface area contributed by atoms with Crippen LogP contribution in [-0.4, -0.2) is 9.79 Å². The molecule has 4 heteroatoms. The second-order valence-electron chi connectivity index (χ2n) is 4.83. The molecule has 0 aliphatic rings. The van der Waals surface area contributed by atoms with Gasteiger partial charge < -0.3 is 9.79 Å². The minimum absolute atomic E-state index is 0.136. The monoisotopic (exact) mass is 276 g/mol. The number of rotatable bonds is 2. The molecule has 2 aromatic carbocycles. The van der Waals surface area contributed by atoms with E-state index in [4.69, 9.17) is 0 Å². The maximum Gasteiger partial charge on any atom is 0.357 e. The third kappa shape index (κ3) is 2.79. The van der Waals surface area contributed by atoms with Crippen molar-refractivity contribution < 1.29 is 14.4 Å². The van der Waals surface area contributed by atoms with Crippen LogP contribution in [0.3, 0.4) is 0 Å². The van der Waals surface area contributed by atoms with Crippen LogP contribution >= 0.6 is 7.60 Å². The van der Waals surface area contributed by atoms with Crippen LogP contribution in [0.25, 0.3) is 11.1 Å². The van der Waals surface area contributed by atoms with Crippen LogP contribution in [0.15, 0.2) is 36.4 Å². The van der Waals surface area contributed by atoms with Gasteiger partial charge in [0, 0.05) is 5.56 Å². The fraction of sp³-hybridized carbons (Fsp3) is 0.200. The van der Waals surface area contributed by atoms with Gasteiger partial charge in [-0.05, 0) is 37.5 Å². The maximum atomic E-state index is 11.8. The first-order chi connectivity index (χ1) is 8.80. The van der Waals surface area contributed by atoms with E-state index in [-0.39, 0.29) is 5.30 Å². The fourth-order valence-electron chi connectivity index (χ4n) is 2.26. The highest BCUT2D eigenvalue weighted by Crippen LogP contribution is 2.40. The van der Waals surface area contributed by atoms with E-state index in [2.05, 4.69) is 0 Å². The Bertz CT molecular complexity index is 654. The van der Waals surface area contributed by atoms with Crippen molar-refractivity contribution in [2.24, 2.45) is 0 Å². The summed E-state index contributed by atoms with van der Waals surface area (Å²) >= 11 is 0. The van der Waals surface area contributed by atoms with Crippen LogP contribution in [0, 0.1) is 20.8 Å². The molecule has 0 aliphatic heterocycles. The Balaban J connectivity index is 2.79. The van der Waals surface area contributed by atoms with Crippen molar-refractivity contribution >= 4 is 12.9 Å². The molecule has 19 heavy (non-hydrogen) atoms. The Morgan fingerprint density at radius 3 is 1.89 bits per heavy atom. The lowest BCUT2D eigenvalue weighted by Gasteiger charge is -2.17. The summed E-state index contributed by atoms with van der Waals surface area (Å²) in [6.07, 6.45) is 0. The quantitative estimate of drug-likeness (QED) is 0.829. The molecule has 0 unspecified atom stereocenters. The van der Waals surface area contributed by atoms with Crippen LogP contribution < -0.4 is 5.30 Å². The zero-order chi connectivity index (χ0) is 14.2. The van der Waals surface area contributed by atoms with Crippen molar-refractivity contribution in [1.29, 1.82) is 0 Å². The van der Waals surface area contributed by atoms with Gasteiger partial charge in [0.2, 0.25) is 0 Å². The molecule has 2 rings (SSSR count). The van der Waals surface area contributed by atoms with E-state index < -0.39 is 7.60 Å². The number of hydrogen-bond donors (Lipinski definition) is 2. The minimum Gasteiger partial charge on any atom is -0.321 e. The molecule has 0 radical (unpaired) electrons. The molecule has 0 aliphatic carbocycles. The number of aryl methyl sites for hydroxylation is 3. The number of hydrogen-bond acceptors (Lipinski definition) is 1. The zero-order valence-corrected chi connectivity index (χ0v) is 12.1. The predicted octanol–water partition coefficient (Wildman–Crippen LogP) is 3.08. The third-order valence-corrected chi connectivity index (χ3v) is 4.38. The Morgan fingerprint density at radius 2 is 1.37 bits per heavy atom. The number of benzene rings is 2. The van der Waals surface area contributed by atoms with E-state index in [0.717, 1.165) is 16.7 Å². The van der Waals surface area contributed by atoms with Crippen molar-refractivity contribution in [3.05, 3.63) is 53.1 Å². The first-order valence-electron chi connectivity index (χ1n) is 6.04. The molecular formula is C15H17O3P. The molecule has 0 aromatic heterocycles. The first kappa shape index (κ1) is 14.0. The molecule has 0 atom stereocenters. The SMILES string of the molecule is Cc1ccc(-c2c(C)ccc(C)c2P(=O)(O)O)cc1. The van der Waals surface area contributed by atoms with Crippen molar-refractivity contribution in [3.8, 4) is 11.1 Å². The molecule has 2 aromatic rings. The molecule has 0 saturated carbocycles. The van der Waals surface area contributed by atoms with Gasteiger partial charge in [0.25, 0.3) is 0 Å². The Labute approximate surface area is 113 Å². The van der Waals surface area contributed by atoms with Crippen LogP contribution in [0.5, 0.6) is 0 Å². The van der Waals surface area contributed by atoms with E-state index in [1.165, 1.54) is 0 Å². The summed E-state index contributed by atoms with van der Waals surface area (Å²) in [5, 5.41) is 0.136. The zero-order valence-electron chi connectivity index (χ0n) is 11.2. The molecule has 0 saturated heterocycles. The summed E-state index contributed by atoms with van der Waals surface area (Å²) in [7, 11) is -4.30. The standard InChI is InChI=1S/C15H17O3P/c1-10-4-8-13(9-5-10)14-11(2)6-7-12(3)15(14)19(16,17)18/h4-9H,1-3H3,(H2,16,17,18). The van der Waals surface area contributed by atoms with Gasteiger partial charge >= 0.3 is 7.60 Å². The third-order valence-electron chi connectivity index (χ3n) is 3.22. The summed E-state index contributed by atoms with van der Waals surface area (Å²) in [6, 6.07) is 11.3. The molecule has 0 heterocycles. The van der Waals surface area contributed by atoms with Crippen LogP contribution in [0.2, 0.25) is 0 Å². The second-order valence-corrected chi connectivity index (χ2v) is 6.37. The molecule has 0 fully saturated rings. The lowest BCUT2D eigenvalue weighted by molar-refractivity contribution is 0.387. The van der Waals surface area contributed by atoms with Gasteiger partial charge in [-0.1, -0.05) is 42.0 Å². The Hall–Kier alpha value is -1.41. The van der Waals surface area contributed by atoms with Crippen molar-refractivity contribution in [3.63, 3.8) is 0 Å². The van der Waals surface area contributed by atoms with E-state index in [9.17, 15) is 14.4 Å². The highest BCUT2D eigenvalue weighted by molar-refractivity contribution is 7.60. The van der Waals surface area contributed by atoms with Crippen molar-refractivity contribution in [2.45, 2.75) is 20.8 Å². The summed E-state index contributed by atoms with van der Waals surface area (Å²) in [6.45, 7) is 5.58. The smallest absolute Gasteiger partial charge is 0.321 e. The van der Waals surface area contributed by atoms with Crippen molar-refractivity contribution in [2.75, 3.05) is 0 Å². The van der Waals surface area contributed by atoms with E-state index in [1.807, 2.05) is 44.2 Å². The molecule has 0 spiro atoms. The average Bonchev–Trinajstić information content (AvgIpc) is 2.31. The van der Waals surface area contributed by atoms with Gasteiger partial charge in [0.1, 0.15) is 0 Å². The molecule has 0 bridgehead atoms. The Morgan fingerprint density at radius 1 is 0.842 bits per heavy atom. The van der Waals surface area contributed by atoms with Gasteiger partial charge in [-0.2, -0.15) is 0 Å². The van der Waals surface area contributed by atoms with Crippen LogP contribution in [0.4, 0.5) is 0 Å².